The Kier molecular flexibility index (Phi) is 2.87. The Morgan fingerprint density at radius 3 is 2.84 bits per heavy atom. The summed E-state index contributed by atoms with van der Waals surface area (Å²) in [5.74, 6) is -1.39. The summed E-state index contributed by atoms with van der Waals surface area (Å²) in [6, 6.07) is 0. The van der Waals surface area contributed by atoms with E-state index in [0.717, 1.165) is 12.8 Å². The Morgan fingerprint density at radius 2 is 2.11 bits per heavy atom. The first kappa shape index (κ1) is 12.6. The van der Waals surface area contributed by atoms with Crippen molar-refractivity contribution in [2.75, 3.05) is 7.11 Å². The number of carbonyl (C=O) groups excluding carboxylic acids is 3. The third-order valence-corrected chi connectivity index (χ3v) is 5.01. The second-order valence-electron chi connectivity index (χ2n) is 5.78. The lowest BCUT2D eigenvalue weighted by Gasteiger charge is -2.34. The number of methoxy groups -OCH3 is 1. The van der Waals surface area contributed by atoms with Crippen LogP contribution in [0.1, 0.15) is 38.5 Å². The van der Waals surface area contributed by atoms with Crippen LogP contribution in [0.15, 0.2) is 0 Å². The van der Waals surface area contributed by atoms with Crippen molar-refractivity contribution < 1.29 is 23.9 Å². The molecular formula is C14H18O5. The maximum absolute atomic E-state index is 12.5. The van der Waals surface area contributed by atoms with Gasteiger partial charge in [-0.2, -0.15) is 0 Å². The summed E-state index contributed by atoms with van der Waals surface area (Å²) in [6.45, 7) is 0. The first-order valence-corrected chi connectivity index (χ1v) is 6.93. The molecule has 3 aliphatic rings. The van der Waals surface area contributed by atoms with E-state index in [-0.39, 0.29) is 29.7 Å². The van der Waals surface area contributed by atoms with Crippen LogP contribution in [0.5, 0.6) is 0 Å². The highest BCUT2D eigenvalue weighted by molar-refractivity contribution is 6.05. The van der Waals surface area contributed by atoms with Gasteiger partial charge >= 0.3 is 11.9 Å². The predicted molar refractivity (Wildman–Crippen MR) is 64.0 cm³/mol. The topological polar surface area (TPSA) is 69.7 Å². The highest BCUT2D eigenvalue weighted by Gasteiger charge is 2.66. The normalized spacial score (nSPS) is 41.2. The number of carbonyl (C=O) groups is 3. The van der Waals surface area contributed by atoms with Crippen molar-refractivity contribution in [3.8, 4) is 0 Å². The van der Waals surface area contributed by atoms with E-state index < -0.39 is 11.4 Å². The number of Topliss-reactive ketones (excluding diaryl/α,β-unsaturated/α-hetero) is 1. The van der Waals surface area contributed by atoms with Gasteiger partial charge in [-0.15, -0.1) is 0 Å². The van der Waals surface area contributed by atoms with E-state index in [1.165, 1.54) is 7.11 Å². The van der Waals surface area contributed by atoms with Gasteiger partial charge in [-0.05, 0) is 25.7 Å². The highest BCUT2D eigenvalue weighted by Crippen LogP contribution is 2.56. The molecule has 19 heavy (non-hydrogen) atoms. The first-order valence-electron chi connectivity index (χ1n) is 6.93. The van der Waals surface area contributed by atoms with Gasteiger partial charge in [0.1, 0.15) is 11.5 Å². The van der Waals surface area contributed by atoms with Gasteiger partial charge in [0, 0.05) is 12.3 Å². The van der Waals surface area contributed by atoms with Gasteiger partial charge in [-0.1, -0.05) is 6.42 Å². The number of ether oxygens (including phenoxy) is 2. The average molecular weight is 266 g/mol. The van der Waals surface area contributed by atoms with Crippen LogP contribution >= 0.6 is 0 Å². The van der Waals surface area contributed by atoms with Gasteiger partial charge < -0.3 is 9.47 Å². The first-order chi connectivity index (χ1) is 9.11. The Morgan fingerprint density at radius 1 is 1.32 bits per heavy atom. The molecule has 3 fully saturated rings. The molecule has 0 bridgehead atoms. The van der Waals surface area contributed by atoms with E-state index in [1.807, 2.05) is 0 Å². The quantitative estimate of drug-likeness (QED) is 0.527. The molecule has 1 saturated heterocycles. The minimum Gasteiger partial charge on any atom is -0.468 e. The zero-order chi connectivity index (χ0) is 13.6. The van der Waals surface area contributed by atoms with Crippen LogP contribution in [0.25, 0.3) is 0 Å². The van der Waals surface area contributed by atoms with Crippen LogP contribution in [0.4, 0.5) is 0 Å². The van der Waals surface area contributed by atoms with Crippen molar-refractivity contribution in [3.05, 3.63) is 0 Å². The minimum absolute atomic E-state index is 0.0603. The second-order valence-corrected chi connectivity index (χ2v) is 5.78. The van der Waals surface area contributed by atoms with E-state index in [0.29, 0.717) is 25.7 Å². The predicted octanol–water partition coefficient (Wildman–Crippen LogP) is 1.24. The van der Waals surface area contributed by atoms with E-state index in [2.05, 4.69) is 0 Å². The molecule has 0 radical (unpaired) electrons. The molecule has 4 atom stereocenters. The fraction of sp³-hybridized carbons (Fsp3) is 0.786. The SMILES string of the molecule is COC(=O)[C@@]12CC[C@H]3OC(=O)[C@@H](CCCCC1=O)[C@H]32. The standard InChI is InChI=1S/C14H18O5/c1-18-13(17)14-7-6-9-11(14)8(12(16)19-9)4-2-3-5-10(14)15/h8-9,11H,2-7H2,1H3/t8-,9+,11+,14-/m0/s1. The van der Waals surface area contributed by atoms with Crippen molar-refractivity contribution in [2.24, 2.45) is 17.3 Å². The van der Waals surface area contributed by atoms with Crippen LogP contribution in [-0.4, -0.2) is 30.9 Å². The molecule has 1 heterocycles. The number of hydrogen-bond donors (Lipinski definition) is 0. The molecule has 1 aliphatic heterocycles. The summed E-state index contributed by atoms with van der Waals surface area (Å²) in [5, 5.41) is 0. The smallest absolute Gasteiger partial charge is 0.319 e. The van der Waals surface area contributed by atoms with Gasteiger partial charge in [-0.25, -0.2) is 0 Å². The van der Waals surface area contributed by atoms with E-state index in [9.17, 15) is 14.4 Å². The maximum Gasteiger partial charge on any atom is 0.319 e. The molecule has 104 valence electrons. The Hall–Kier alpha value is -1.39. The third-order valence-electron chi connectivity index (χ3n) is 5.01. The van der Waals surface area contributed by atoms with E-state index >= 15 is 0 Å². The fourth-order valence-corrected chi connectivity index (χ4v) is 4.18. The number of rotatable bonds is 1. The Bertz CT molecular complexity index is 443. The molecule has 2 aliphatic carbocycles. The minimum atomic E-state index is -1.13. The van der Waals surface area contributed by atoms with Crippen molar-refractivity contribution in [1.82, 2.24) is 0 Å². The van der Waals surface area contributed by atoms with Crippen molar-refractivity contribution in [1.29, 1.82) is 0 Å². The molecule has 0 amide bonds. The number of ketones is 1. The third kappa shape index (κ3) is 1.56. The molecule has 5 heteroatoms. The lowest BCUT2D eigenvalue weighted by atomic mass is 9.65. The summed E-state index contributed by atoms with van der Waals surface area (Å²) in [6.07, 6.45) is 3.46. The average Bonchev–Trinajstić information content (AvgIpc) is 2.88. The van der Waals surface area contributed by atoms with Crippen molar-refractivity contribution in [2.45, 2.75) is 44.6 Å². The Balaban J connectivity index is 2.07. The molecule has 0 unspecified atom stereocenters. The van der Waals surface area contributed by atoms with E-state index in [1.54, 1.807) is 0 Å². The van der Waals surface area contributed by atoms with Crippen LogP contribution in [0.3, 0.4) is 0 Å². The zero-order valence-corrected chi connectivity index (χ0v) is 11.0. The molecular weight excluding hydrogens is 248 g/mol. The summed E-state index contributed by atoms with van der Waals surface area (Å²) in [4.78, 5) is 36.7. The van der Waals surface area contributed by atoms with E-state index in [4.69, 9.17) is 9.47 Å². The van der Waals surface area contributed by atoms with Gasteiger partial charge in [0.2, 0.25) is 0 Å². The van der Waals surface area contributed by atoms with Crippen LogP contribution < -0.4 is 0 Å². The summed E-state index contributed by atoms with van der Waals surface area (Å²) >= 11 is 0. The van der Waals surface area contributed by atoms with Crippen molar-refractivity contribution >= 4 is 17.7 Å². The molecule has 5 nitrogen and oxygen atoms in total. The molecule has 0 N–H and O–H groups in total. The van der Waals surface area contributed by atoms with Crippen molar-refractivity contribution in [3.63, 3.8) is 0 Å². The van der Waals surface area contributed by atoms with Gasteiger partial charge in [-0.3, -0.25) is 14.4 Å². The van der Waals surface area contributed by atoms with Gasteiger partial charge in [0.25, 0.3) is 0 Å². The van der Waals surface area contributed by atoms with Crippen LogP contribution in [0, 0.1) is 17.3 Å². The highest BCUT2D eigenvalue weighted by atomic mass is 16.6. The van der Waals surface area contributed by atoms with Gasteiger partial charge in [0.15, 0.2) is 5.78 Å². The summed E-state index contributed by atoms with van der Waals surface area (Å²) in [5.41, 5.74) is -1.13. The second kappa shape index (κ2) is 4.32. The Labute approximate surface area is 111 Å². The number of esters is 2. The largest absolute Gasteiger partial charge is 0.468 e. The molecule has 0 aromatic rings. The lowest BCUT2D eigenvalue weighted by molar-refractivity contribution is -0.162. The van der Waals surface area contributed by atoms with Crippen LogP contribution in [0.2, 0.25) is 0 Å². The maximum atomic E-state index is 12.5. The fourth-order valence-electron chi connectivity index (χ4n) is 4.18. The van der Waals surface area contributed by atoms with Crippen LogP contribution in [-0.2, 0) is 23.9 Å². The zero-order valence-electron chi connectivity index (χ0n) is 11.0. The number of hydrogen-bond acceptors (Lipinski definition) is 5. The molecule has 2 saturated carbocycles. The molecule has 0 spiro atoms. The molecule has 3 rings (SSSR count). The monoisotopic (exact) mass is 266 g/mol. The summed E-state index contributed by atoms with van der Waals surface area (Å²) < 4.78 is 10.3. The molecule has 0 aromatic carbocycles. The summed E-state index contributed by atoms with van der Waals surface area (Å²) in [7, 11) is 1.31. The lowest BCUT2D eigenvalue weighted by Crippen LogP contribution is -2.47. The van der Waals surface area contributed by atoms with Gasteiger partial charge in [0.05, 0.1) is 13.0 Å². The molecule has 0 aromatic heterocycles.